The minimum atomic E-state index is -3.29. The Hall–Kier alpha value is -1.93. The van der Waals surface area contributed by atoms with Crippen molar-refractivity contribution < 1.29 is 18.0 Å². The van der Waals surface area contributed by atoms with Crippen LogP contribution in [0.15, 0.2) is 30.3 Å². The zero-order chi connectivity index (χ0) is 19.2. The Kier molecular flexibility index (Phi) is 7.16. The summed E-state index contributed by atoms with van der Waals surface area (Å²) in [6, 6.07) is 8.42. The number of sulfonamides is 1. The number of likely N-dealkylation sites (tertiary alicyclic amines) is 1. The summed E-state index contributed by atoms with van der Waals surface area (Å²) in [5.74, 6) is -0.273. The number of hydrogen-bond acceptors (Lipinski definition) is 4. The molecule has 0 aromatic heterocycles. The van der Waals surface area contributed by atoms with Crippen LogP contribution in [0.4, 0.5) is 0 Å². The lowest BCUT2D eigenvalue weighted by molar-refractivity contribution is -0.135. The Bertz CT molecular complexity index is 721. The quantitative estimate of drug-likeness (QED) is 0.740. The molecule has 0 saturated carbocycles. The second kappa shape index (κ2) is 9.14. The van der Waals surface area contributed by atoms with Crippen LogP contribution >= 0.6 is 0 Å². The van der Waals surface area contributed by atoms with E-state index in [1.165, 1.54) is 0 Å². The van der Waals surface area contributed by atoms with Crippen LogP contribution in [0.1, 0.15) is 43.0 Å². The number of carbonyl (C=O) groups excluding carboxylic acids is 2. The SMILES string of the molecule is C[C@@H](CC(=O)N1CCCC[C@H]1CNS(C)(=O)=O)NC(=O)c1ccccc1. The predicted molar refractivity (Wildman–Crippen MR) is 100 cm³/mol. The maximum Gasteiger partial charge on any atom is 0.251 e. The van der Waals surface area contributed by atoms with Gasteiger partial charge in [-0.05, 0) is 38.3 Å². The molecule has 1 heterocycles. The van der Waals surface area contributed by atoms with E-state index in [9.17, 15) is 18.0 Å². The average Bonchev–Trinajstić information content (AvgIpc) is 2.60. The van der Waals surface area contributed by atoms with Crippen LogP contribution in [0.5, 0.6) is 0 Å². The molecule has 1 fully saturated rings. The number of nitrogens with one attached hydrogen (secondary N) is 2. The van der Waals surface area contributed by atoms with Crippen molar-refractivity contribution in [2.75, 3.05) is 19.3 Å². The molecule has 1 saturated heterocycles. The first-order valence-electron chi connectivity index (χ1n) is 8.86. The van der Waals surface area contributed by atoms with Gasteiger partial charge >= 0.3 is 0 Å². The molecule has 1 aliphatic heterocycles. The van der Waals surface area contributed by atoms with E-state index in [4.69, 9.17) is 0 Å². The highest BCUT2D eigenvalue weighted by molar-refractivity contribution is 7.88. The predicted octanol–water partition coefficient (Wildman–Crippen LogP) is 1.13. The van der Waals surface area contributed by atoms with Gasteiger partial charge in [0.05, 0.1) is 6.26 Å². The maximum atomic E-state index is 12.7. The molecule has 0 bridgehead atoms. The van der Waals surface area contributed by atoms with E-state index in [1.807, 2.05) is 6.07 Å². The van der Waals surface area contributed by atoms with Gasteiger partial charge in [0.2, 0.25) is 15.9 Å². The Balaban J connectivity index is 1.90. The topological polar surface area (TPSA) is 95.6 Å². The van der Waals surface area contributed by atoms with Gasteiger partial charge in [0.15, 0.2) is 0 Å². The van der Waals surface area contributed by atoms with Gasteiger partial charge in [-0.15, -0.1) is 0 Å². The molecule has 0 radical (unpaired) electrons. The van der Waals surface area contributed by atoms with Gasteiger partial charge in [-0.1, -0.05) is 18.2 Å². The van der Waals surface area contributed by atoms with Gasteiger partial charge in [0, 0.05) is 37.2 Å². The highest BCUT2D eigenvalue weighted by Gasteiger charge is 2.28. The molecule has 1 aromatic carbocycles. The summed E-state index contributed by atoms with van der Waals surface area (Å²) in [7, 11) is -3.29. The van der Waals surface area contributed by atoms with Crippen molar-refractivity contribution >= 4 is 21.8 Å². The Morgan fingerprint density at radius 2 is 1.92 bits per heavy atom. The summed E-state index contributed by atoms with van der Waals surface area (Å²) in [5, 5.41) is 2.84. The van der Waals surface area contributed by atoms with E-state index in [0.29, 0.717) is 12.1 Å². The highest BCUT2D eigenvalue weighted by Crippen LogP contribution is 2.18. The molecule has 2 amide bonds. The first kappa shape index (κ1) is 20.4. The molecule has 1 aromatic rings. The number of rotatable bonds is 7. The molecule has 7 nitrogen and oxygen atoms in total. The molecule has 26 heavy (non-hydrogen) atoms. The van der Waals surface area contributed by atoms with Gasteiger partial charge in [0.1, 0.15) is 0 Å². The summed E-state index contributed by atoms with van der Waals surface area (Å²) in [5.41, 5.74) is 0.556. The molecule has 8 heteroatoms. The van der Waals surface area contributed by atoms with Crippen molar-refractivity contribution in [3.05, 3.63) is 35.9 Å². The monoisotopic (exact) mass is 381 g/mol. The number of hydrogen-bond donors (Lipinski definition) is 2. The summed E-state index contributed by atoms with van der Waals surface area (Å²) in [6.07, 6.45) is 3.96. The fraction of sp³-hybridized carbons (Fsp3) is 0.556. The lowest BCUT2D eigenvalue weighted by Gasteiger charge is -2.36. The smallest absolute Gasteiger partial charge is 0.251 e. The van der Waals surface area contributed by atoms with Gasteiger partial charge in [0.25, 0.3) is 5.91 Å². The second-order valence-electron chi connectivity index (χ2n) is 6.80. The van der Waals surface area contributed by atoms with Crippen molar-refractivity contribution in [1.82, 2.24) is 14.9 Å². The van der Waals surface area contributed by atoms with Gasteiger partial charge < -0.3 is 10.2 Å². The van der Waals surface area contributed by atoms with E-state index >= 15 is 0 Å². The van der Waals surface area contributed by atoms with Crippen LogP contribution in [-0.4, -0.2) is 56.6 Å². The van der Waals surface area contributed by atoms with Crippen molar-refractivity contribution in [2.45, 2.75) is 44.7 Å². The molecule has 2 N–H and O–H groups in total. The molecule has 0 unspecified atom stereocenters. The van der Waals surface area contributed by atoms with Crippen molar-refractivity contribution in [2.24, 2.45) is 0 Å². The third-order valence-electron chi connectivity index (χ3n) is 4.42. The first-order chi connectivity index (χ1) is 12.3. The van der Waals surface area contributed by atoms with Gasteiger partial charge in [-0.2, -0.15) is 0 Å². The van der Waals surface area contributed by atoms with Crippen LogP contribution in [0.3, 0.4) is 0 Å². The van der Waals surface area contributed by atoms with Gasteiger partial charge in [-0.3, -0.25) is 9.59 Å². The normalized spacial score (nSPS) is 19.0. The number of nitrogens with zero attached hydrogens (tertiary/aromatic N) is 1. The van der Waals surface area contributed by atoms with E-state index in [0.717, 1.165) is 25.5 Å². The summed E-state index contributed by atoms with van der Waals surface area (Å²) >= 11 is 0. The number of carbonyl (C=O) groups is 2. The zero-order valence-electron chi connectivity index (χ0n) is 15.3. The molecule has 2 rings (SSSR count). The van der Waals surface area contributed by atoms with Crippen molar-refractivity contribution in [3.63, 3.8) is 0 Å². The lowest BCUT2D eigenvalue weighted by Crippen LogP contribution is -2.50. The minimum absolute atomic E-state index is 0.0640. The third-order valence-corrected chi connectivity index (χ3v) is 5.11. The maximum absolute atomic E-state index is 12.7. The van der Waals surface area contributed by atoms with E-state index in [-0.39, 0.29) is 36.9 Å². The van der Waals surface area contributed by atoms with Crippen LogP contribution in [0.2, 0.25) is 0 Å². The largest absolute Gasteiger partial charge is 0.349 e. The zero-order valence-corrected chi connectivity index (χ0v) is 16.1. The van der Waals surface area contributed by atoms with Crippen LogP contribution in [0, 0.1) is 0 Å². The third kappa shape index (κ3) is 6.42. The summed E-state index contributed by atoms with van der Waals surface area (Å²) in [4.78, 5) is 26.6. The molecule has 1 aliphatic rings. The summed E-state index contributed by atoms with van der Waals surface area (Å²) in [6.45, 7) is 2.65. The molecule has 2 atom stereocenters. The van der Waals surface area contributed by atoms with E-state index in [1.54, 1.807) is 36.1 Å². The Morgan fingerprint density at radius 3 is 2.58 bits per heavy atom. The first-order valence-corrected chi connectivity index (χ1v) is 10.8. The molecular formula is C18H27N3O4S. The number of benzene rings is 1. The van der Waals surface area contributed by atoms with Crippen LogP contribution in [0.25, 0.3) is 0 Å². The Morgan fingerprint density at radius 1 is 1.23 bits per heavy atom. The lowest BCUT2D eigenvalue weighted by atomic mass is 10.0. The molecule has 0 spiro atoms. The fourth-order valence-electron chi connectivity index (χ4n) is 3.12. The Labute approximate surface area is 155 Å². The van der Waals surface area contributed by atoms with Crippen LogP contribution < -0.4 is 10.0 Å². The number of piperidine rings is 1. The van der Waals surface area contributed by atoms with Crippen molar-refractivity contribution in [3.8, 4) is 0 Å². The molecule has 0 aliphatic carbocycles. The molecular weight excluding hydrogens is 354 g/mol. The average molecular weight is 381 g/mol. The molecule has 144 valence electrons. The van der Waals surface area contributed by atoms with Crippen molar-refractivity contribution in [1.29, 1.82) is 0 Å². The second-order valence-corrected chi connectivity index (χ2v) is 8.64. The van der Waals surface area contributed by atoms with Crippen LogP contribution in [-0.2, 0) is 14.8 Å². The van der Waals surface area contributed by atoms with Gasteiger partial charge in [-0.25, -0.2) is 13.1 Å². The number of amides is 2. The summed E-state index contributed by atoms with van der Waals surface area (Å²) < 4.78 is 25.1. The minimum Gasteiger partial charge on any atom is -0.349 e. The highest BCUT2D eigenvalue weighted by atomic mass is 32.2. The standard InChI is InChI=1S/C18H27N3O4S/c1-14(20-18(23)15-8-4-3-5-9-15)12-17(22)21-11-7-6-10-16(21)13-19-26(2,24)25/h3-5,8-9,14,16,19H,6-7,10-13H2,1-2H3,(H,20,23)/t14-,16-/m0/s1. The fourth-order valence-corrected chi connectivity index (χ4v) is 3.61. The van der Waals surface area contributed by atoms with E-state index in [2.05, 4.69) is 10.0 Å². The van der Waals surface area contributed by atoms with E-state index < -0.39 is 10.0 Å².